The predicted molar refractivity (Wildman–Crippen MR) is 73.7 cm³/mol. The molecule has 2 aromatic rings. The van der Waals surface area contributed by atoms with Crippen LogP contribution in [0.25, 0.3) is 0 Å². The minimum absolute atomic E-state index is 0.0179. The molecular weight excluding hydrogens is 261 g/mol. The molecule has 0 saturated carbocycles. The Labute approximate surface area is 115 Å². The van der Waals surface area contributed by atoms with Gasteiger partial charge < -0.3 is 15.2 Å². The van der Waals surface area contributed by atoms with Gasteiger partial charge in [0, 0.05) is 0 Å². The maximum Gasteiger partial charge on any atom is 0.259 e. The molecule has 0 radical (unpaired) electrons. The fraction of sp³-hybridized carbons (Fsp3) is 0.133. The molecule has 0 fully saturated rings. The molecule has 0 unspecified atom stereocenters. The molecule has 0 aromatic heterocycles. The van der Waals surface area contributed by atoms with Crippen LogP contribution in [-0.2, 0) is 0 Å². The van der Waals surface area contributed by atoms with Crippen LogP contribution < -0.4 is 10.1 Å². The van der Waals surface area contributed by atoms with Gasteiger partial charge in [-0.15, -0.1) is 0 Å². The maximum absolute atomic E-state index is 13.7. The number of hydrogen-bond acceptors (Lipinski definition) is 3. The Bertz CT molecular complexity index is 656. The van der Waals surface area contributed by atoms with Crippen LogP contribution in [0.2, 0.25) is 0 Å². The number of benzene rings is 2. The van der Waals surface area contributed by atoms with Crippen molar-refractivity contribution in [3.8, 4) is 11.5 Å². The summed E-state index contributed by atoms with van der Waals surface area (Å²) in [5, 5.41) is 12.1. The number of amides is 1. The fourth-order valence-electron chi connectivity index (χ4n) is 1.74. The number of ether oxygens (including phenoxy) is 1. The van der Waals surface area contributed by atoms with E-state index in [2.05, 4.69) is 5.32 Å². The van der Waals surface area contributed by atoms with Crippen molar-refractivity contribution in [2.75, 3.05) is 12.4 Å². The minimum Gasteiger partial charge on any atom is -0.507 e. The van der Waals surface area contributed by atoms with E-state index >= 15 is 0 Å². The van der Waals surface area contributed by atoms with Crippen molar-refractivity contribution in [1.82, 2.24) is 0 Å². The molecule has 0 heterocycles. The van der Waals surface area contributed by atoms with Crippen LogP contribution >= 0.6 is 0 Å². The third-order valence-electron chi connectivity index (χ3n) is 2.82. The molecule has 4 nitrogen and oxygen atoms in total. The summed E-state index contributed by atoms with van der Waals surface area (Å²) in [6, 6.07) is 8.74. The maximum atomic E-state index is 13.7. The molecular formula is C15H14FNO3. The summed E-state index contributed by atoms with van der Waals surface area (Å²) in [6.07, 6.45) is 0. The highest BCUT2D eigenvalue weighted by molar-refractivity contribution is 6.06. The average Bonchev–Trinajstić information content (AvgIpc) is 2.42. The number of carbonyl (C=O) groups excluding carboxylic acids is 1. The van der Waals surface area contributed by atoms with Gasteiger partial charge in [0.05, 0.1) is 18.4 Å². The quantitative estimate of drug-likeness (QED) is 0.905. The van der Waals surface area contributed by atoms with Gasteiger partial charge in [-0.3, -0.25) is 4.79 Å². The van der Waals surface area contributed by atoms with Crippen molar-refractivity contribution in [1.29, 1.82) is 0 Å². The van der Waals surface area contributed by atoms with E-state index in [-0.39, 0.29) is 17.0 Å². The smallest absolute Gasteiger partial charge is 0.259 e. The number of aryl methyl sites for hydroxylation is 1. The van der Waals surface area contributed by atoms with E-state index in [1.165, 1.54) is 37.4 Å². The Hall–Kier alpha value is -2.56. The van der Waals surface area contributed by atoms with Gasteiger partial charge in [-0.2, -0.15) is 0 Å². The topological polar surface area (TPSA) is 58.6 Å². The summed E-state index contributed by atoms with van der Waals surface area (Å²) in [5.74, 6) is -0.905. The summed E-state index contributed by atoms with van der Waals surface area (Å²) >= 11 is 0. The van der Waals surface area contributed by atoms with E-state index in [4.69, 9.17) is 4.74 Å². The van der Waals surface area contributed by atoms with Crippen molar-refractivity contribution in [2.45, 2.75) is 6.92 Å². The van der Waals surface area contributed by atoms with Crippen LogP contribution in [0.4, 0.5) is 10.1 Å². The summed E-state index contributed by atoms with van der Waals surface area (Å²) in [7, 11) is 1.45. The molecule has 0 atom stereocenters. The Morgan fingerprint density at radius 3 is 2.65 bits per heavy atom. The van der Waals surface area contributed by atoms with Crippen molar-refractivity contribution in [3.05, 3.63) is 53.3 Å². The molecule has 5 heteroatoms. The zero-order valence-electron chi connectivity index (χ0n) is 11.1. The van der Waals surface area contributed by atoms with Crippen LogP contribution in [-0.4, -0.2) is 18.1 Å². The Morgan fingerprint density at radius 1 is 1.25 bits per heavy atom. The molecule has 2 N–H and O–H groups in total. The number of hydrogen-bond donors (Lipinski definition) is 2. The molecule has 0 aliphatic heterocycles. The molecule has 2 aromatic carbocycles. The minimum atomic E-state index is -0.607. The Kier molecular flexibility index (Phi) is 3.89. The number of phenolic OH excluding ortho intramolecular Hbond substituents is 1. The zero-order valence-corrected chi connectivity index (χ0v) is 11.1. The highest BCUT2D eigenvalue weighted by atomic mass is 19.1. The Balaban J connectivity index is 2.28. The van der Waals surface area contributed by atoms with E-state index in [1.807, 2.05) is 0 Å². The summed E-state index contributed by atoms with van der Waals surface area (Å²) in [6.45, 7) is 1.75. The first-order valence-corrected chi connectivity index (χ1v) is 5.96. The van der Waals surface area contributed by atoms with Gasteiger partial charge in [0.15, 0.2) is 0 Å². The predicted octanol–water partition coefficient (Wildman–Crippen LogP) is 3.10. The zero-order chi connectivity index (χ0) is 14.7. The highest BCUT2D eigenvalue weighted by Crippen LogP contribution is 2.24. The van der Waals surface area contributed by atoms with Gasteiger partial charge in [-0.05, 0) is 42.8 Å². The van der Waals surface area contributed by atoms with E-state index < -0.39 is 11.7 Å². The average molecular weight is 275 g/mol. The Morgan fingerprint density at radius 2 is 2.00 bits per heavy atom. The number of methoxy groups -OCH3 is 1. The molecule has 0 aliphatic carbocycles. The summed E-state index contributed by atoms with van der Waals surface area (Å²) < 4.78 is 18.7. The third-order valence-corrected chi connectivity index (χ3v) is 2.82. The number of anilines is 1. The standard InChI is InChI=1S/C15H14FNO3/c1-9-3-5-13(12(16)7-9)17-15(19)11-8-10(20-2)4-6-14(11)18/h3-8,18H,1-2H3,(H,17,19). The number of aromatic hydroxyl groups is 1. The molecule has 0 saturated heterocycles. The summed E-state index contributed by atoms with van der Waals surface area (Å²) in [5.41, 5.74) is 0.830. The van der Waals surface area contributed by atoms with Crippen LogP contribution in [0.1, 0.15) is 15.9 Å². The lowest BCUT2D eigenvalue weighted by Gasteiger charge is -2.09. The van der Waals surface area contributed by atoms with E-state index in [0.717, 1.165) is 5.56 Å². The second kappa shape index (κ2) is 5.61. The van der Waals surface area contributed by atoms with Gasteiger partial charge in [0.1, 0.15) is 17.3 Å². The molecule has 20 heavy (non-hydrogen) atoms. The normalized spacial score (nSPS) is 10.2. The van der Waals surface area contributed by atoms with Gasteiger partial charge in [-0.25, -0.2) is 4.39 Å². The van der Waals surface area contributed by atoms with Gasteiger partial charge in [0.2, 0.25) is 0 Å². The summed E-state index contributed by atoms with van der Waals surface area (Å²) in [4.78, 5) is 12.0. The SMILES string of the molecule is COc1ccc(O)c(C(=O)Nc2ccc(C)cc2F)c1. The molecule has 2 rings (SSSR count). The number of carbonyl (C=O) groups is 1. The van der Waals surface area contributed by atoms with Gasteiger partial charge >= 0.3 is 0 Å². The fourth-order valence-corrected chi connectivity index (χ4v) is 1.74. The first kappa shape index (κ1) is 13.9. The van der Waals surface area contributed by atoms with Crippen LogP contribution in [0, 0.1) is 12.7 Å². The first-order valence-electron chi connectivity index (χ1n) is 5.96. The lowest BCUT2D eigenvalue weighted by Crippen LogP contribution is -2.13. The van der Waals surface area contributed by atoms with Gasteiger partial charge in [-0.1, -0.05) is 6.07 Å². The highest BCUT2D eigenvalue weighted by Gasteiger charge is 2.14. The van der Waals surface area contributed by atoms with E-state index in [1.54, 1.807) is 13.0 Å². The largest absolute Gasteiger partial charge is 0.507 e. The number of rotatable bonds is 3. The van der Waals surface area contributed by atoms with Crippen LogP contribution in [0.3, 0.4) is 0 Å². The monoisotopic (exact) mass is 275 g/mol. The second-order valence-electron chi connectivity index (χ2n) is 4.32. The molecule has 0 aliphatic rings. The van der Waals surface area contributed by atoms with Crippen molar-refractivity contribution >= 4 is 11.6 Å². The van der Waals surface area contributed by atoms with E-state index in [9.17, 15) is 14.3 Å². The molecule has 1 amide bonds. The molecule has 0 spiro atoms. The van der Waals surface area contributed by atoms with E-state index in [0.29, 0.717) is 5.75 Å². The first-order chi connectivity index (χ1) is 9.51. The number of halogens is 1. The van der Waals surface area contributed by atoms with Gasteiger partial charge in [0.25, 0.3) is 5.91 Å². The van der Waals surface area contributed by atoms with Crippen LogP contribution in [0.5, 0.6) is 11.5 Å². The lowest BCUT2D eigenvalue weighted by atomic mass is 10.1. The van der Waals surface area contributed by atoms with Crippen molar-refractivity contribution < 1.29 is 19.0 Å². The number of phenols is 1. The third kappa shape index (κ3) is 2.88. The van der Waals surface area contributed by atoms with Crippen LogP contribution in [0.15, 0.2) is 36.4 Å². The van der Waals surface area contributed by atoms with Crippen molar-refractivity contribution in [3.63, 3.8) is 0 Å². The second-order valence-corrected chi connectivity index (χ2v) is 4.32. The number of nitrogens with one attached hydrogen (secondary N) is 1. The molecule has 104 valence electrons. The molecule has 0 bridgehead atoms. The van der Waals surface area contributed by atoms with Crippen molar-refractivity contribution in [2.24, 2.45) is 0 Å². The lowest BCUT2D eigenvalue weighted by molar-refractivity contribution is 0.102.